The quantitative estimate of drug-likeness (QED) is 0.739. The Balaban J connectivity index is 1.51. The Labute approximate surface area is 158 Å². The first-order valence-electron chi connectivity index (χ1n) is 8.34. The third kappa shape index (κ3) is 3.38. The number of hydrogen-bond acceptors (Lipinski definition) is 4. The van der Waals surface area contributed by atoms with Crippen molar-refractivity contribution in [3.63, 3.8) is 0 Å². The molecule has 27 heavy (non-hydrogen) atoms. The van der Waals surface area contributed by atoms with Crippen LogP contribution in [0, 0.1) is 18.7 Å². The molecule has 0 unspecified atom stereocenters. The van der Waals surface area contributed by atoms with Crippen molar-refractivity contribution in [1.29, 1.82) is 0 Å². The minimum Gasteiger partial charge on any atom is -0.441 e. The molecule has 0 saturated carbocycles. The number of halogens is 2. The smallest absolute Gasteiger partial charge is 0.229 e. The number of aromatic nitrogens is 1. The molecule has 138 valence electrons. The van der Waals surface area contributed by atoms with Gasteiger partial charge in [0.2, 0.25) is 11.8 Å². The summed E-state index contributed by atoms with van der Waals surface area (Å²) in [5.41, 5.74) is 1.97. The highest BCUT2D eigenvalue weighted by Crippen LogP contribution is 2.29. The molecule has 1 saturated heterocycles. The van der Waals surface area contributed by atoms with E-state index in [0.717, 1.165) is 6.07 Å². The molecule has 1 fully saturated rings. The van der Waals surface area contributed by atoms with Gasteiger partial charge in [0.05, 0.1) is 11.6 Å². The predicted molar refractivity (Wildman–Crippen MR) is 99.2 cm³/mol. The number of fused-ring (bicyclic) bond motifs is 1. The second kappa shape index (κ2) is 6.66. The average Bonchev–Trinajstić information content (AvgIpc) is 3.18. The second-order valence-corrected chi connectivity index (χ2v) is 6.84. The van der Waals surface area contributed by atoms with Crippen LogP contribution in [0.4, 0.5) is 15.8 Å². The third-order valence-corrected chi connectivity index (χ3v) is 4.71. The molecule has 6 nitrogen and oxygen atoms in total. The second-order valence-electron chi connectivity index (χ2n) is 6.40. The van der Waals surface area contributed by atoms with Gasteiger partial charge in [0.25, 0.3) is 0 Å². The van der Waals surface area contributed by atoms with Gasteiger partial charge in [-0.1, -0.05) is 11.6 Å². The minimum atomic E-state index is -0.621. The summed E-state index contributed by atoms with van der Waals surface area (Å²) in [4.78, 5) is 30.7. The molecule has 0 spiro atoms. The summed E-state index contributed by atoms with van der Waals surface area (Å²) in [6.45, 7) is 1.96. The number of nitrogens with zero attached hydrogens (tertiary/aromatic N) is 2. The highest BCUT2D eigenvalue weighted by Gasteiger charge is 2.35. The van der Waals surface area contributed by atoms with E-state index in [4.69, 9.17) is 16.0 Å². The molecule has 1 N–H and O–H groups in total. The Kier molecular flexibility index (Phi) is 4.31. The molecule has 8 heteroatoms. The number of carbonyl (C=O) groups is 2. The molecule has 2 heterocycles. The SMILES string of the molecule is Cc1nc2cc(N3C[C@@H](C(=O)Nc4ccc(Cl)cc4F)CC3=O)ccc2o1. The van der Waals surface area contributed by atoms with Gasteiger partial charge in [-0.2, -0.15) is 0 Å². The topological polar surface area (TPSA) is 75.4 Å². The largest absolute Gasteiger partial charge is 0.441 e. The number of aryl methyl sites for hydroxylation is 1. The Hall–Kier alpha value is -2.93. The van der Waals surface area contributed by atoms with Crippen LogP contribution in [0.15, 0.2) is 40.8 Å². The molecule has 1 aliphatic heterocycles. The van der Waals surface area contributed by atoms with E-state index in [9.17, 15) is 14.0 Å². The molecule has 2 aromatic carbocycles. The van der Waals surface area contributed by atoms with Gasteiger partial charge in [0, 0.05) is 30.6 Å². The van der Waals surface area contributed by atoms with Crippen LogP contribution in [0.25, 0.3) is 11.1 Å². The monoisotopic (exact) mass is 387 g/mol. The van der Waals surface area contributed by atoms with E-state index in [-0.39, 0.29) is 29.6 Å². The Bertz CT molecular complexity index is 1070. The Morgan fingerprint density at radius 2 is 2.15 bits per heavy atom. The van der Waals surface area contributed by atoms with Crippen LogP contribution in [-0.2, 0) is 9.59 Å². The number of hydrogen-bond donors (Lipinski definition) is 1. The van der Waals surface area contributed by atoms with Crippen molar-refractivity contribution in [1.82, 2.24) is 4.98 Å². The summed E-state index contributed by atoms with van der Waals surface area (Å²) < 4.78 is 19.3. The molecule has 0 bridgehead atoms. The number of anilines is 2. The van der Waals surface area contributed by atoms with Gasteiger partial charge in [-0.15, -0.1) is 0 Å². The summed E-state index contributed by atoms with van der Waals surface area (Å²) in [7, 11) is 0. The van der Waals surface area contributed by atoms with Crippen LogP contribution in [0.1, 0.15) is 12.3 Å². The maximum Gasteiger partial charge on any atom is 0.229 e. The van der Waals surface area contributed by atoms with Crippen molar-refractivity contribution >= 4 is 45.9 Å². The van der Waals surface area contributed by atoms with Crippen molar-refractivity contribution in [3.8, 4) is 0 Å². The lowest BCUT2D eigenvalue weighted by Crippen LogP contribution is -2.28. The number of rotatable bonds is 3. The van der Waals surface area contributed by atoms with Crippen LogP contribution in [0.3, 0.4) is 0 Å². The van der Waals surface area contributed by atoms with E-state index in [1.165, 1.54) is 17.0 Å². The lowest BCUT2D eigenvalue weighted by atomic mass is 10.1. The first-order chi connectivity index (χ1) is 12.9. The van der Waals surface area contributed by atoms with Crippen LogP contribution < -0.4 is 10.2 Å². The normalized spacial score (nSPS) is 16.9. The number of oxazole rings is 1. The first-order valence-corrected chi connectivity index (χ1v) is 8.72. The summed E-state index contributed by atoms with van der Waals surface area (Å²) in [6.07, 6.45) is 0.0525. The molecule has 0 radical (unpaired) electrons. The van der Waals surface area contributed by atoms with Gasteiger partial charge < -0.3 is 14.6 Å². The van der Waals surface area contributed by atoms with Crippen molar-refractivity contribution in [2.75, 3.05) is 16.8 Å². The van der Waals surface area contributed by atoms with Crippen LogP contribution in [-0.4, -0.2) is 23.3 Å². The van der Waals surface area contributed by atoms with Crippen molar-refractivity contribution in [2.24, 2.45) is 5.92 Å². The van der Waals surface area contributed by atoms with Gasteiger partial charge >= 0.3 is 0 Å². The number of nitrogens with one attached hydrogen (secondary N) is 1. The zero-order chi connectivity index (χ0) is 19.1. The Morgan fingerprint density at radius 3 is 2.93 bits per heavy atom. The zero-order valence-corrected chi connectivity index (χ0v) is 15.1. The maximum absolute atomic E-state index is 13.9. The summed E-state index contributed by atoms with van der Waals surface area (Å²) >= 11 is 5.71. The summed E-state index contributed by atoms with van der Waals surface area (Å²) in [5, 5.41) is 2.77. The van der Waals surface area contributed by atoms with E-state index in [1.807, 2.05) is 0 Å². The lowest BCUT2D eigenvalue weighted by molar-refractivity contribution is -0.122. The van der Waals surface area contributed by atoms with E-state index in [1.54, 1.807) is 25.1 Å². The van der Waals surface area contributed by atoms with E-state index >= 15 is 0 Å². The maximum atomic E-state index is 13.9. The molecule has 0 aliphatic carbocycles. The zero-order valence-electron chi connectivity index (χ0n) is 14.3. The molecule has 2 amide bonds. The van der Waals surface area contributed by atoms with E-state index < -0.39 is 17.6 Å². The lowest BCUT2D eigenvalue weighted by Gasteiger charge is -2.16. The highest BCUT2D eigenvalue weighted by molar-refractivity contribution is 6.30. The first kappa shape index (κ1) is 17.5. The van der Waals surface area contributed by atoms with Gasteiger partial charge in [-0.25, -0.2) is 9.37 Å². The molecular formula is C19H15ClFN3O3. The number of benzene rings is 2. The fourth-order valence-corrected chi connectivity index (χ4v) is 3.32. The molecule has 1 aliphatic rings. The van der Waals surface area contributed by atoms with Crippen molar-refractivity contribution in [3.05, 3.63) is 53.1 Å². The number of amides is 2. The average molecular weight is 388 g/mol. The van der Waals surface area contributed by atoms with Gasteiger partial charge in [-0.05, 0) is 36.4 Å². The molecule has 1 atom stereocenters. The Morgan fingerprint density at radius 1 is 1.33 bits per heavy atom. The van der Waals surface area contributed by atoms with Gasteiger partial charge in [0.1, 0.15) is 11.3 Å². The molecular weight excluding hydrogens is 373 g/mol. The predicted octanol–water partition coefficient (Wildman–Crippen LogP) is 3.92. The van der Waals surface area contributed by atoms with E-state index in [2.05, 4.69) is 10.3 Å². The van der Waals surface area contributed by atoms with Crippen LogP contribution in [0.2, 0.25) is 5.02 Å². The van der Waals surface area contributed by atoms with Crippen LogP contribution in [0.5, 0.6) is 0 Å². The minimum absolute atomic E-state index is 0.0368. The summed E-state index contributed by atoms with van der Waals surface area (Å²) in [6, 6.07) is 9.26. The van der Waals surface area contributed by atoms with Gasteiger partial charge in [-0.3, -0.25) is 9.59 Å². The molecule has 4 rings (SSSR count). The van der Waals surface area contributed by atoms with E-state index in [0.29, 0.717) is 22.7 Å². The standard InChI is InChI=1S/C19H15ClFN3O3/c1-10-22-16-8-13(3-5-17(16)27-10)24-9-11(6-18(24)25)19(26)23-15-4-2-12(20)7-14(15)21/h2-5,7-8,11H,6,9H2,1H3,(H,23,26)/t11-/m0/s1. The highest BCUT2D eigenvalue weighted by atomic mass is 35.5. The summed E-state index contributed by atoms with van der Waals surface area (Å²) in [5.74, 6) is -1.25. The molecule has 3 aromatic rings. The van der Waals surface area contributed by atoms with Gasteiger partial charge in [0.15, 0.2) is 11.5 Å². The fraction of sp³-hybridized carbons (Fsp3) is 0.211. The van der Waals surface area contributed by atoms with Crippen molar-refractivity contribution in [2.45, 2.75) is 13.3 Å². The fourth-order valence-electron chi connectivity index (χ4n) is 3.16. The molecule has 1 aromatic heterocycles. The number of carbonyl (C=O) groups excluding carboxylic acids is 2. The van der Waals surface area contributed by atoms with Crippen molar-refractivity contribution < 1.29 is 18.4 Å². The van der Waals surface area contributed by atoms with Crippen LogP contribution >= 0.6 is 11.6 Å². The third-order valence-electron chi connectivity index (χ3n) is 4.47.